The third-order valence-electron chi connectivity index (χ3n) is 5.37. The molecule has 0 spiro atoms. The van der Waals surface area contributed by atoms with Gasteiger partial charge in [0.2, 0.25) is 0 Å². The average molecular weight is 288 g/mol. The number of hydrogen-bond donors (Lipinski definition) is 1. The van der Waals surface area contributed by atoms with Gasteiger partial charge in [0.15, 0.2) is 0 Å². The molecule has 1 aliphatic carbocycles. The molecule has 21 heavy (non-hydrogen) atoms. The van der Waals surface area contributed by atoms with Gasteiger partial charge in [0.25, 0.3) is 0 Å². The van der Waals surface area contributed by atoms with Gasteiger partial charge in [-0.2, -0.15) is 0 Å². The first-order valence-corrected chi connectivity index (χ1v) is 8.52. The lowest BCUT2D eigenvalue weighted by Crippen LogP contribution is -2.55. The number of nitrogens with two attached hydrogens (primary N) is 1. The zero-order valence-electron chi connectivity index (χ0n) is 14.3. The smallest absolute Gasteiger partial charge is 0.0337 e. The molecule has 2 unspecified atom stereocenters. The van der Waals surface area contributed by atoms with Crippen molar-refractivity contribution in [2.45, 2.75) is 65.5 Å². The van der Waals surface area contributed by atoms with Gasteiger partial charge in [-0.15, -0.1) is 0 Å². The Labute approximate surface area is 130 Å². The number of likely N-dealkylation sites (N-methyl/N-ethyl adjacent to an activating group) is 1. The van der Waals surface area contributed by atoms with Gasteiger partial charge in [-0.1, -0.05) is 50.5 Å². The fraction of sp³-hybridized carbons (Fsp3) is 0.684. The van der Waals surface area contributed by atoms with E-state index in [1.54, 1.807) is 0 Å². The van der Waals surface area contributed by atoms with Crippen LogP contribution in [0.4, 0.5) is 0 Å². The summed E-state index contributed by atoms with van der Waals surface area (Å²) < 4.78 is 0. The van der Waals surface area contributed by atoms with Gasteiger partial charge in [-0.3, -0.25) is 4.90 Å². The molecule has 2 rings (SSSR count). The van der Waals surface area contributed by atoms with Crippen molar-refractivity contribution in [1.29, 1.82) is 0 Å². The first kappa shape index (κ1) is 16.5. The van der Waals surface area contributed by atoms with Gasteiger partial charge in [0.1, 0.15) is 0 Å². The molecule has 118 valence electrons. The van der Waals surface area contributed by atoms with Crippen LogP contribution in [0.5, 0.6) is 0 Å². The van der Waals surface area contributed by atoms with Crippen LogP contribution in [-0.2, 0) is 6.54 Å². The van der Waals surface area contributed by atoms with Crippen LogP contribution >= 0.6 is 0 Å². The number of aryl methyl sites for hydroxylation is 2. The minimum atomic E-state index is 0.211. The number of rotatable bonds is 5. The highest BCUT2D eigenvalue weighted by molar-refractivity contribution is 5.30. The van der Waals surface area contributed by atoms with E-state index in [9.17, 15) is 0 Å². The fourth-order valence-corrected chi connectivity index (χ4v) is 4.03. The Hall–Kier alpha value is -0.860. The molecule has 2 nitrogen and oxygen atoms in total. The zero-order chi connectivity index (χ0) is 15.5. The second-order valence-electron chi connectivity index (χ2n) is 7.07. The van der Waals surface area contributed by atoms with Crippen molar-refractivity contribution in [3.63, 3.8) is 0 Å². The molecule has 0 aromatic heterocycles. The Bertz CT molecular complexity index is 469. The molecule has 0 saturated heterocycles. The zero-order valence-corrected chi connectivity index (χ0v) is 14.3. The molecule has 1 aromatic rings. The van der Waals surface area contributed by atoms with E-state index in [2.05, 4.69) is 50.8 Å². The highest BCUT2D eigenvalue weighted by Crippen LogP contribution is 2.37. The molecule has 2 heteroatoms. The lowest BCUT2D eigenvalue weighted by molar-refractivity contribution is 0.0365. The van der Waals surface area contributed by atoms with Crippen LogP contribution in [0, 0.1) is 19.8 Å². The molecule has 2 N–H and O–H groups in total. The topological polar surface area (TPSA) is 29.3 Å². The van der Waals surface area contributed by atoms with E-state index in [1.807, 2.05) is 0 Å². The summed E-state index contributed by atoms with van der Waals surface area (Å²) in [5, 5.41) is 0. The van der Waals surface area contributed by atoms with Gasteiger partial charge in [-0.25, -0.2) is 0 Å². The van der Waals surface area contributed by atoms with Gasteiger partial charge in [-0.05, 0) is 50.3 Å². The van der Waals surface area contributed by atoms with Crippen molar-refractivity contribution >= 4 is 0 Å². The molecule has 0 heterocycles. The molecular weight excluding hydrogens is 256 g/mol. The Kier molecular flexibility index (Phi) is 5.45. The maximum Gasteiger partial charge on any atom is 0.0337 e. The molecular formula is C19H32N2. The molecule has 1 saturated carbocycles. The van der Waals surface area contributed by atoms with E-state index in [0.717, 1.165) is 25.6 Å². The molecule has 0 radical (unpaired) electrons. The summed E-state index contributed by atoms with van der Waals surface area (Å²) in [4.78, 5) is 2.64. The third-order valence-corrected chi connectivity index (χ3v) is 5.37. The fourth-order valence-electron chi connectivity index (χ4n) is 4.03. The Morgan fingerprint density at radius 2 is 2.10 bits per heavy atom. The van der Waals surface area contributed by atoms with Crippen LogP contribution in [0.1, 0.15) is 56.2 Å². The Morgan fingerprint density at radius 1 is 1.33 bits per heavy atom. The predicted octanol–water partition coefficient (Wildman–Crippen LogP) is 4.03. The molecule has 1 aliphatic rings. The van der Waals surface area contributed by atoms with Crippen LogP contribution in [-0.4, -0.2) is 23.5 Å². The SMILES string of the molecule is CCN(Cc1cc(C)ccc1C)C1(CN)CCCC(C)C1. The maximum atomic E-state index is 6.26. The molecule has 0 amide bonds. The van der Waals surface area contributed by atoms with Crippen molar-refractivity contribution < 1.29 is 0 Å². The van der Waals surface area contributed by atoms with Crippen LogP contribution < -0.4 is 5.73 Å². The molecule has 2 atom stereocenters. The summed E-state index contributed by atoms with van der Waals surface area (Å²) in [5.74, 6) is 0.801. The highest BCUT2D eigenvalue weighted by atomic mass is 15.2. The van der Waals surface area contributed by atoms with E-state index in [-0.39, 0.29) is 5.54 Å². The number of benzene rings is 1. The third kappa shape index (κ3) is 3.67. The van der Waals surface area contributed by atoms with Crippen LogP contribution in [0.15, 0.2) is 18.2 Å². The summed E-state index contributed by atoms with van der Waals surface area (Å²) in [7, 11) is 0. The van der Waals surface area contributed by atoms with Gasteiger partial charge in [0, 0.05) is 18.6 Å². The van der Waals surface area contributed by atoms with Crippen LogP contribution in [0.3, 0.4) is 0 Å². The van der Waals surface area contributed by atoms with Gasteiger partial charge < -0.3 is 5.73 Å². The minimum absolute atomic E-state index is 0.211. The quantitative estimate of drug-likeness (QED) is 0.886. The van der Waals surface area contributed by atoms with Crippen molar-refractivity contribution in [3.05, 3.63) is 34.9 Å². The summed E-state index contributed by atoms with van der Waals surface area (Å²) in [6, 6.07) is 6.79. The van der Waals surface area contributed by atoms with Gasteiger partial charge in [0.05, 0.1) is 0 Å². The molecule has 0 aliphatic heterocycles. The first-order valence-electron chi connectivity index (χ1n) is 8.52. The van der Waals surface area contributed by atoms with Crippen LogP contribution in [0.25, 0.3) is 0 Å². The maximum absolute atomic E-state index is 6.26. The first-order chi connectivity index (χ1) is 10.0. The lowest BCUT2D eigenvalue weighted by Gasteiger charge is -2.47. The lowest BCUT2D eigenvalue weighted by atomic mass is 9.75. The Morgan fingerprint density at radius 3 is 2.71 bits per heavy atom. The van der Waals surface area contributed by atoms with Crippen molar-refractivity contribution in [1.82, 2.24) is 4.90 Å². The number of nitrogens with zero attached hydrogens (tertiary/aromatic N) is 1. The largest absolute Gasteiger partial charge is 0.329 e. The molecule has 1 fully saturated rings. The van der Waals surface area contributed by atoms with Crippen molar-refractivity contribution in [2.75, 3.05) is 13.1 Å². The number of hydrogen-bond acceptors (Lipinski definition) is 2. The summed E-state index contributed by atoms with van der Waals surface area (Å²) in [6.45, 7) is 12.0. The Balaban J connectivity index is 2.23. The van der Waals surface area contributed by atoms with Crippen molar-refractivity contribution in [2.24, 2.45) is 11.7 Å². The summed E-state index contributed by atoms with van der Waals surface area (Å²) >= 11 is 0. The summed E-state index contributed by atoms with van der Waals surface area (Å²) in [6.07, 6.45) is 5.19. The van der Waals surface area contributed by atoms with Gasteiger partial charge >= 0.3 is 0 Å². The standard InChI is InChI=1S/C19H32N2/c1-5-21(13-18-11-15(2)8-9-17(18)4)19(14-20)10-6-7-16(3)12-19/h8-9,11,16H,5-7,10,12-14,20H2,1-4H3. The van der Waals surface area contributed by atoms with Crippen LogP contribution in [0.2, 0.25) is 0 Å². The van der Waals surface area contributed by atoms with E-state index in [1.165, 1.54) is 42.4 Å². The monoisotopic (exact) mass is 288 g/mol. The van der Waals surface area contributed by atoms with E-state index in [4.69, 9.17) is 5.73 Å². The normalized spacial score (nSPS) is 26.3. The van der Waals surface area contributed by atoms with E-state index in [0.29, 0.717) is 0 Å². The average Bonchev–Trinajstić information content (AvgIpc) is 2.48. The molecule has 1 aromatic carbocycles. The second-order valence-corrected chi connectivity index (χ2v) is 7.07. The van der Waals surface area contributed by atoms with E-state index >= 15 is 0 Å². The summed E-state index contributed by atoms with van der Waals surface area (Å²) in [5.41, 5.74) is 10.7. The highest BCUT2D eigenvalue weighted by Gasteiger charge is 2.38. The van der Waals surface area contributed by atoms with E-state index < -0.39 is 0 Å². The minimum Gasteiger partial charge on any atom is -0.329 e. The van der Waals surface area contributed by atoms with Crippen molar-refractivity contribution in [3.8, 4) is 0 Å². The predicted molar refractivity (Wildman–Crippen MR) is 91.4 cm³/mol. The second kappa shape index (κ2) is 6.93. The molecule has 0 bridgehead atoms.